The Morgan fingerprint density at radius 3 is 3.00 bits per heavy atom. The fraction of sp³-hybridized carbons (Fsp3) is 0.0909. The molecular weight excluding hydrogens is 254 g/mol. The maximum absolute atomic E-state index is 11.9. The second kappa shape index (κ2) is 3.95. The fourth-order valence-electron chi connectivity index (χ4n) is 1.81. The van der Waals surface area contributed by atoms with Crippen LogP contribution in [0.25, 0.3) is 6.08 Å². The Balaban J connectivity index is 1.87. The Labute approximate surface area is 106 Å². The van der Waals surface area contributed by atoms with E-state index in [2.05, 4.69) is 9.97 Å². The second-order valence-corrected chi connectivity index (χ2v) is 4.66. The van der Waals surface area contributed by atoms with E-state index in [4.69, 9.17) is 5.11 Å². The number of aliphatic carboxylic acids is 1. The molecule has 1 fully saturated rings. The Kier molecular flexibility index (Phi) is 2.41. The van der Waals surface area contributed by atoms with Crippen molar-refractivity contribution in [1.29, 1.82) is 0 Å². The van der Waals surface area contributed by atoms with E-state index in [-0.39, 0.29) is 17.0 Å². The maximum Gasteiger partial charge on any atom is 0.353 e. The zero-order chi connectivity index (χ0) is 12.7. The van der Waals surface area contributed by atoms with Gasteiger partial charge in [-0.25, -0.2) is 4.79 Å². The number of aromatic nitrogens is 2. The van der Waals surface area contributed by atoms with Gasteiger partial charge in [0.15, 0.2) is 0 Å². The third kappa shape index (κ3) is 1.52. The summed E-state index contributed by atoms with van der Waals surface area (Å²) >= 11 is 1.31. The van der Waals surface area contributed by atoms with E-state index < -0.39 is 5.97 Å². The lowest BCUT2D eigenvalue weighted by Crippen LogP contribution is -2.51. The van der Waals surface area contributed by atoms with Gasteiger partial charge in [-0.3, -0.25) is 19.7 Å². The number of fused-ring (bicyclic) bond motifs is 1. The van der Waals surface area contributed by atoms with E-state index in [1.54, 1.807) is 18.5 Å². The molecule has 2 aliphatic heterocycles. The van der Waals surface area contributed by atoms with Gasteiger partial charge >= 0.3 is 5.97 Å². The fourth-order valence-corrected chi connectivity index (χ4v) is 2.93. The van der Waals surface area contributed by atoms with Crippen molar-refractivity contribution in [2.45, 2.75) is 5.37 Å². The Bertz CT molecular complexity index is 597. The molecular formula is C11H7N3O3S. The average molecular weight is 261 g/mol. The van der Waals surface area contributed by atoms with Crippen LogP contribution in [0, 0.1) is 0 Å². The summed E-state index contributed by atoms with van der Waals surface area (Å²) in [5.74, 6) is -1.37. The molecule has 90 valence electrons. The number of carboxylic acid groups (broad SMARTS) is 1. The third-order valence-electron chi connectivity index (χ3n) is 2.64. The molecule has 7 heteroatoms. The second-order valence-electron chi connectivity index (χ2n) is 3.70. The average Bonchev–Trinajstić information content (AvgIpc) is 2.77. The summed E-state index contributed by atoms with van der Waals surface area (Å²) in [6.07, 6.45) is 6.28. The quantitative estimate of drug-likeness (QED) is 0.623. The van der Waals surface area contributed by atoms with Gasteiger partial charge in [0.1, 0.15) is 11.1 Å². The lowest BCUT2D eigenvalue weighted by Gasteiger charge is -2.37. The molecule has 0 spiro atoms. The van der Waals surface area contributed by atoms with Crippen molar-refractivity contribution >= 4 is 29.7 Å². The number of thioether (sulfide) groups is 1. The first kappa shape index (κ1) is 11.0. The largest absolute Gasteiger partial charge is 0.477 e. The van der Waals surface area contributed by atoms with E-state index in [0.717, 1.165) is 0 Å². The number of carbonyl (C=O) groups is 2. The number of amides is 1. The number of carbonyl (C=O) groups excluding carboxylic acids is 1. The van der Waals surface area contributed by atoms with Crippen molar-refractivity contribution in [1.82, 2.24) is 14.9 Å². The molecule has 3 heterocycles. The van der Waals surface area contributed by atoms with E-state index in [9.17, 15) is 9.59 Å². The van der Waals surface area contributed by atoms with Gasteiger partial charge in [0, 0.05) is 17.8 Å². The van der Waals surface area contributed by atoms with Crippen LogP contribution in [0.2, 0.25) is 0 Å². The molecule has 0 aromatic carbocycles. The molecule has 1 aromatic heterocycles. The standard InChI is InChI=1S/C11H7N3O3S/c15-9-7(3-6-4-12-1-2-13-6)10-14(9)8(5-18-10)11(16)17/h1-5,10H,(H,16,17)/t10-/m0/s1. The van der Waals surface area contributed by atoms with E-state index in [1.807, 2.05) is 0 Å². The highest BCUT2D eigenvalue weighted by Crippen LogP contribution is 2.44. The normalized spacial score (nSPS) is 23.7. The summed E-state index contributed by atoms with van der Waals surface area (Å²) in [7, 11) is 0. The van der Waals surface area contributed by atoms with Crippen LogP contribution in [0.3, 0.4) is 0 Å². The van der Waals surface area contributed by atoms with Crippen LogP contribution in [0.15, 0.2) is 35.3 Å². The minimum Gasteiger partial charge on any atom is -0.477 e. The van der Waals surface area contributed by atoms with Crippen LogP contribution >= 0.6 is 11.8 Å². The monoisotopic (exact) mass is 261 g/mol. The van der Waals surface area contributed by atoms with Crippen LogP contribution in [-0.2, 0) is 9.59 Å². The highest BCUT2D eigenvalue weighted by Gasteiger charge is 2.49. The van der Waals surface area contributed by atoms with Crippen LogP contribution < -0.4 is 0 Å². The van der Waals surface area contributed by atoms with Crippen LogP contribution in [-0.4, -0.2) is 37.2 Å². The summed E-state index contributed by atoms with van der Waals surface area (Å²) < 4.78 is 0. The lowest BCUT2D eigenvalue weighted by atomic mass is 10.0. The number of nitrogens with zero attached hydrogens (tertiary/aromatic N) is 3. The highest BCUT2D eigenvalue weighted by molar-refractivity contribution is 8.03. The first-order valence-corrected chi connectivity index (χ1v) is 6.03. The Morgan fingerprint density at radius 2 is 2.33 bits per heavy atom. The van der Waals surface area contributed by atoms with Crippen molar-refractivity contribution in [3.63, 3.8) is 0 Å². The van der Waals surface area contributed by atoms with Gasteiger partial charge in [0.25, 0.3) is 5.91 Å². The summed E-state index contributed by atoms with van der Waals surface area (Å²) in [5.41, 5.74) is 1.17. The summed E-state index contributed by atoms with van der Waals surface area (Å²) in [5, 5.41) is 10.2. The Hall–Kier alpha value is -2.15. The summed E-state index contributed by atoms with van der Waals surface area (Å²) in [4.78, 5) is 32.0. The van der Waals surface area contributed by atoms with Gasteiger partial charge in [-0.05, 0) is 6.08 Å². The zero-order valence-corrected chi connectivity index (χ0v) is 9.79. The van der Waals surface area contributed by atoms with Crippen LogP contribution in [0.4, 0.5) is 0 Å². The minimum absolute atomic E-state index is 0.0336. The summed E-state index contributed by atoms with van der Waals surface area (Å²) in [6, 6.07) is 0. The molecule has 1 saturated heterocycles. The molecule has 1 aromatic rings. The van der Waals surface area contributed by atoms with E-state index >= 15 is 0 Å². The predicted molar refractivity (Wildman–Crippen MR) is 64.0 cm³/mol. The Morgan fingerprint density at radius 1 is 1.50 bits per heavy atom. The zero-order valence-electron chi connectivity index (χ0n) is 8.98. The molecule has 0 radical (unpaired) electrons. The molecule has 18 heavy (non-hydrogen) atoms. The highest BCUT2D eigenvalue weighted by atomic mass is 32.2. The molecule has 1 amide bonds. The van der Waals surface area contributed by atoms with Gasteiger partial charge in [-0.2, -0.15) is 0 Å². The number of hydrogen-bond donors (Lipinski definition) is 1. The number of hydrogen-bond acceptors (Lipinski definition) is 5. The van der Waals surface area contributed by atoms with Gasteiger partial charge < -0.3 is 5.11 Å². The van der Waals surface area contributed by atoms with Gasteiger partial charge in [0.05, 0.1) is 17.5 Å². The first-order chi connectivity index (χ1) is 8.68. The van der Waals surface area contributed by atoms with Gasteiger partial charge in [-0.1, -0.05) is 0 Å². The number of rotatable bonds is 2. The smallest absolute Gasteiger partial charge is 0.353 e. The predicted octanol–water partition coefficient (Wildman–Crippen LogP) is 0.701. The molecule has 1 N–H and O–H groups in total. The van der Waals surface area contributed by atoms with Gasteiger partial charge in [0.2, 0.25) is 0 Å². The molecule has 0 aliphatic carbocycles. The molecule has 0 unspecified atom stereocenters. The summed E-state index contributed by atoms with van der Waals surface area (Å²) in [6.45, 7) is 0. The van der Waals surface area contributed by atoms with Crippen molar-refractivity contribution in [2.75, 3.05) is 0 Å². The SMILES string of the molecule is O=C(O)C1=CS[C@H]2C(=Cc3cnccn3)C(=O)N12. The topological polar surface area (TPSA) is 83.4 Å². The van der Waals surface area contributed by atoms with Crippen LogP contribution in [0.1, 0.15) is 5.69 Å². The molecule has 2 aliphatic rings. The van der Waals surface area contributed by atoms with Crippen LogP contribution in [0.5, 0.6) is 0 Å². The number of β-lactam (4-membered cyclic amide) rings is 1. The van der Waals surface area contributed by atoms with E-state index in [0.29, 0.717) is 11.3 Å². The molecule has 6 nitrogen and oxygen atoms in total. The van der Waals surface area contributed by atoms with Gasteiger partial charge in [-0.15, -0.1) is 11.8 Å². The minimum atomic E-state index is -1.09. The lowest BCUT2D eigenvalue weighted by molar-refractivity contribution is -0.141. The molecule has 1 atom stereocenters. The van der Waals surface area contributed by atoms with E-state index in [1.165, 1.54) is 28.3 Å². The number of carboxylic acids is 1. The first-order valence-electron chi connectivity index (χ1n) is 5.08. The molecule has 0 bridgehead atoms. The van der Waals surface area contributed by atoms with Crippen molar-refractivity contribution < 1.29 is 14.7 Å². The maximum atomic E-state index is 11.9. The molecule has 3 rings (SSSR count). The van der Waals surface area contributed by atoms with Crippen molar-refractivity contribution in [3.8, 4) is 0 Å². The molecule has 0 saturated carbocycles. The van der Waals surface area contributed by atoms with Crippen molar-refractivity contribution in [3.05, 3.63) is 41.0 Å². The third-order valence-corrected chi connectivity index (χ3v) is 3.72. The van der Waals surface area contributed by atoms with Crippen molar-refractivity contribution in [2.24, 2.45) is 0 Å².